The molecule has 3 aliphatic rings. The quantitative estimate of drug-likeness (QED) is 0.635. The summed E-state index contributed by atoms with van der Waals surface area (Å²) >= 11 is 0. The van der Waals surface area contributed by atoms with Crippen molar-refractivity contribution in [1.29, 1.82) is 0 Å². The van der Waals surface area contributed by atoms with Gasteiger partial charge in [0.2, 0.25) is 17.8 Å². The summed E-state index contributed by atoms with van der Waals surface area (Å²) in [6.45, 7) is 3.59. The summed E-state index contributed by atoms with van der Waals surface area (Å²) < 4.78 is 20.6. The van der Waals surface area contributed by atoms with E-state index in [-0.39, 0.29) is 5.82 Å². The molecule has 2 aromatic heterocycles. The lowest BCUT2D eigenvalue weighted by Crippen LogP contribution is -2.48. The van der Waals surface area contributed by atoms with Gasteiger partial charge in [-0.2, -0.15) is 10.1 Å². The molecule has 1 aromatic carbocycles. The van der Waals surface area contributed by atoms with Crippen LogP contribution in [0.4, 0.5) is 27.7 Å². The molecule has 3 aromatic rings. The number of fused-ring (bicyclic) bond motifs is 3. The minimum Gasteiger partial charge on any atom is -0.480 e. The first-order valence-corrected chi connectivity index (χ1v) is 11.5. The highest BCUT2D eigenvalue weighted by atomic mass is 19.1. The van der Waals surface area contributed by atoms with Crippen LogP contribution in [-0.2, 0) is 6.54 Å². The van der Waals surface area contributed by atoms with E-state index < -0.39 is 0 Å². The van der Waals surface area contributed by atoms with E-state index in [0.29, 0.717) is 29.7 Å². The Morgan fingerprint density at radius 3 is 2.61 bits per heavy atom. The summed E-state index contributed by atoms with van der Waals surface area (Å²) in [4.78, 5) is 9.35. The number of aryl methyl sites for hydroxylation is 1. The van der Waals surface area contributed by atoms with E-state index >= 15 is 0 Å². The Balaban J connectivity index is 1.19. The second-order valence-electron chi connectivity index (χ2n) is 9.07. The van der Waals surface area contributed by atoms with Gasteiger partial charge in [-0.25, -0.2) is 9.07 Å². The van der Waals surface area contributed by atoms with Gasteiger partial charge < -0.3 is 19.9 Å². The van der Waals surface area contributed by atoms with Crippen LogP contribution in [0.2, 0.25) is 0 Å². The Hall–Kier alpha value is -3.43. The molecule has 1 N–H and O–H groups in total. The minimum atomic E-state index is -0.234. The molecular formula is C23H27FN8O. The number of halogens is 1. The Morgan fingerprint density at radius 2 is 1.85 bits per heavy atom. The van der Waals surface area contributed by atoms with Crippen molar-refractivity contribution in [1.82, 2.24) is 25.0 Å². The number of hydrogen-bond donors (Lipinski definition) is 1. The maximum absolute atomic E-state index is 13.4. The fourth-order valence-corrected chi connectivity index (χ4v) is 5.52. The summed E-state index contributed by atoms with van der Waals surface area (Å²) in [6, 6.07) is 8.88. The smallest absolute Gasteiger partial charge is 0.244 e. The van der Waals surface area contributed by atoms with Crippen molar-refractivity contribution < 1.29 is 9.13 Å². The molecule has 0 radical (unpaired) electrons. The van der Waals surface area contributed by atoms with Gasteiger partial charge in [0.05, 0.1) is 19.0 Å². The molecule has 10 heteroatoms. The number of benzene rings is 1. The van der Waals surface area contributed by atoms with Crippen LogP contribution in [-0.4, -0.2) is 57.7 Å². The van der Waals surface area contributed by atoms with Crippen LogP contribution in [0.15, 0.2) is 36.5 Å². The zero-order valence-electron chi connectivity index (χ0n) is 18.6. The number of ether oxygens (including phenoxy) is 1. The van der Waals surface area contributed by atoms with Crippen LogP contribution in [0.5, 0.6) is 5.88 Å². The Bertz CT molecular complexity index is 1120. The molecule has 172 valence electrons. The zero-order chi connectivity index (χ0) is 22.4. The molecule has 0 unspecified atom stereocenters. The van der Waals surface area contributed by atoms with Gasteiger partial charge in [-0.3, -0.25) is 0 Å². The third-order valence-electron chi connectivity index (χ3n) is 7.11. The van der Waals surface area contributed by atoms with Gasteiger partial charge in [0, 0.05) is 44.0 Å². The highest BCUT2D eigenvalue weighted by molar-refractivity contribution is 5.59. The van der Waals surface area contributed by atoms with Gasteiger partial charge in [-0.15, -0.1) is 10.2 Å². The normalized spacial score (nSPS) is 24.0. The summed E-state index contributed by atoms with van der Waals surface area (Å²) in [7, 11) is 1.61. The first-order chi connectivity index (χ1) is 16.2. The molecule has 2 bridgehead atoms. The van der Waals surface area contributed by atoms with Crippen molar-refractivity contribution in [2.45, 2.75) is 31.8 Å². The van der Waals surface area contributed by atoms with E-state index in [2.05, 4.69) is 25.3 Å². The van der Waals surface area contributed by atoms with E-state index in [9.17, 15) is 4.39 Å². The number of hydrogen-bond acceptors (Lipinski definition) is 8. The van der Waals surface area contributed by atoms with E-state index in [4.69, 9.17) is 14.8 Å². The number of nitrogens with zero attached hydrogens (tertiary/aromatic N) is 7. The van der Waals surface area contributed by atoms with E-state index in [1.807, 2.05) is 16.9 Å². The molecule has 1 aliphatic carbocycles. The topological polar surface area (TPSA) is 84.2 Å². The van der Waals surface area contributed by atoms with E-state index in [1.54, 1.807) is 19.2 Å². The van der Waals surface area contributed by atoms with Gasteiger partial charge >= 0.3 is 0 Å². The molecule has 1 saturated heterocycles. The van der Waals surface area contributed by atoms with Crippen LogP contribution in [0.1, 0.15) is 19.3 Å². The van der Waals surface area contributed by atoms with Gasteiger partial charge in [-0.1, -0.05) is 0 Å². The molecule has 9 nitrogen and oxygen atoms in total. The Morgan fingerprint density at radius 1 is 1.06 bits per heavy atom. The highest BCUT2D eigenvalue weighted by Crippen LogP contribution is 2.40. The second-order valence-corrected chi connectivity index (χ2v) is 9.07. The monoisotopic (exact) mass is 450 g/mol. The van der Waals surface area contributed by atoms with Crippen molar-refractivity contribution >= 4 is 23.3 Å². The van der Waals surface area contributed by atoms with E-state index in [0.717, 1.165) is 49.9 Å². The number of aromatic nitrogens is 5. The molecular weight excluding hydrogens is 423 g/mol. The maximum atomic E-state index is 13.4. The first-order valence-electron chi connectivity index (χ1n) is 11.5. The third-order valence-corrected chi connectivity index (χ3v) is 7.11. The largest absolute Gasteiger partial charge is 0.480 e. The average molecular weight is 451 g/mol. The molecule has 3 atom stereocenters. The van der Waals surface area contributed by atoms with Crippen LogP contribution in [0.25, 0.3) is 0 Å². The summed E-state index contributed by atoms with van der Waals surface area (Å²) in [5.41, 5.74) is 1.99. The van der Waals surface area contributed by atoms with Gasteiger partial charge in [0.15, 0.2) is 0 Å². The molecule has 1 saturated carbocycles. The summed E-state index contributed by atoms with van der Waals surface area (Å²) in [6.07, 6.45) is 5.15. The first kappa shape index (κ1) is 20.2. The number of anilines is 4. The predicted octanol–water partition coefficient (Wildman–Crippen LogP) is 3.08. The van der Waals surface area contributed by atoms with Crippen LogP contribution in [0.3, 0.4) is 0 Å². The average Bonchev–Trinajstić information content (AvgIpc) is 3.35. The number of nitrogens with one attached hydrogen (secondary N) is 1. The van der Waals surface area contributed by atoms with Crippen molar-refractivity contribution in [3.63, 3.8) is 0 Å². The zero-order valence-corrected chi connectivity index (χ0v) is 18.6. The third kappa shape index (κ3) is 3.73. The molecule has 6 rings (SSSR count). The molecule has 2 aliphatic heterocycles. The number of rotatable bonds is 5. The maximum Gasteiger partial charge on any atom is 0.244 e. The Kier molecular flexibility index (Phi) is 5.00. The predicted molar refractivity (Wildman–Crippen MR) is 122 cm³/mol. The van der Waals surface area contributed by atoms with Crippen LogP contribution < -0.4 is 19.9 Å². The van der Waals surface area contributed by atoms with Crippen molar-refractivity contribution in [2.75, 3.05) is 41.9 Å². The van der Waals surface area contributed by atoms with Crippen molar-refractivity contribution in [2.24, 2.45) is 11.8 Å². The highest BCUT2D eigenvalue weighted by Gasteiger charge is 2.43. The molecule has 0 amide bonds. The number of piperidine rings is 1. The van der Waals surface area contributed by atoms with Crippen LogP contribution in [0, 0.1) is 17.7 Å². The molecule has 0 spiro atoms. The van der Waals surface area contributed by atoms with E-state index in [1.165, 1.54) is 25.0 Å². The fourth-order valence-electron chi connectivity index (χ4n) is 5.52. The van der Waals surface area contributed by atoms with Gasteiger partial charge in [0.25, 0.3) is 0 Å². The van der Waals surface area contributed by atoms with Crippen molar-refractivity contribution in [3.05, 3.63) is 42.3 Å². The second kappa shape index (κ2) is 8.17. The lowest BCUT2D eigenvalue weighted by molar-refractivity contribution is 0.372. The minimum absolute atomic E-state index is 0.234. The summed E-state index contributed by atoms with van der Waals surface area (Å²) in [5.74, 6) is 2.82. The molecule has 33 heavy (non-hydrogen) atoms. The fraction of sp³-hybridized carbons (Fsp3) is 0.478. The summed E-state index contributed by atoms with van der Waals surface area (Å²) in [5, 5.41) is 16.5. The molecule has 2 fully saturated rings. The lowest BCUT2D eigenvalue weighted by Gasteiger charge is -2.39. The lowest BCUT2D eigenvalue weighted by atomic mass is 9.92. The standard InChI is InChI=1S/C23H27FN8O/c1-33-20-11-19(12-25-28-20)30-13-15-3-4-16(14-30)21(15)26-22-27-23-31(9-2-10-32(23)29-22)18-7-5-17(24)6-8-18/h5-8,11-12,15-16,21H,2-4,9-10,13-14H2,1H3,(H,26,29)/t15-,16+,21-. The van der Waals surface area contributed by atoms with Gasteiger partial charge in [-0.05, 0) is 55.4 Å². The van der Waals surface area contributed by atoms with Crippen molar-refractivity contribution in [3.8, 4) is 5.88 Å². The molecule has 4 heterocycles. The van der Waals surface area contributed by atoms with Gasteiger partial charge in [0.1, 0.15) is 5.82 Å². The SMILES string of the molecule is COc1cc(N2C[C@H]3CC[C@@H](C2)[C@@H]3Nc2nc3n(n2)CCCN3c2ccc(F)cc2)cnn1. The number of methoxy groups -OCH3 is 1. The van der Waals surface area contributed by atoms with Crippen LogP contribution >= 0.6 is 0 Å². The Labute approximate surface area is 191 Å².